The van der Waals surface area contributed by atoms with Crippen LogP contribution in [0.5, 0.6) is 0 Å². The number of Topliss-reactive ketones (excluding diaryl/α,β-unsaturated/α-hetero) is 1. The lowest BCUT2D eigenvalue weighted by Crippen LogP contribution is -2.38. The lowest BCUT2D eigenvalue weighted by Gasteiger charge is -2.26. The second-order valence-corrected chi connectivity index (χ2v) is 6.00. The van der Waals surface area contributed by atoms with Gasteiger partial charge in [0.15, 0.2) is 5.78 Å². The summed E-state index contributed by atoms with van der Waals surface area (Å²) >= 11 is 0. The number of rotatable bonds is 5. The first kappa shape index (κ1) is 14.3. The van der Waals surface area contributed by atoms with Crippen molar-refractivity contribution in [1.29, 1.82) is 0 Å². The molecule has 19 heavy (non-hydrogen) atoms. The number of aryl methyl sites for hydroxylation is 1. The van der Waals surface area contributed by atoms with Crippen molar-refractivity contribution in [1.82, 2.24) is 4.90 Å². The van der Waals surface area contributed by atoms with Crippen molar-refractivity contribution < 1.29 is 4.79 Å². The summed E-state index contributed by atoms with van der Waals surface area (Å²) in [6.45, 7) is 5.12. The van der Waals surface area contributed by atoms with Crippen LogP contribution in [0.2, 0.25) is 0 Å². The van der Waals surface area contributed by atoms with Gasteiger partial charge in [-0.25, -0.2) is 0 Å². The Labute approximate surface area is 116 Å². The first-order valence-electron chi connectivity index (χ1n) is 7.39. The van der Waals surface area contributed by atoms with E-state index in [1.165, 1.54) is 31.2 Å². The number of nitrogens with zero attached hydrogens (tertiary/aromatic N) is 1. The van der Waals surface area contributed by atoms with Gasteiger partial charge in [0.25, 0.3) is 0 Å². The molecule has 0 heterocycles. The third-order valence-corrected chi connectivity index (χ3v) is 4.40. The van der Waals surface area contributed by atoms with Gasteiger partial charge in [0, 0.05) is 12.1 Å². The normalized spacial score (nSPS) is 17.9. The van der Waals surface area contributed by atoms with Crippen molar-refractivity contribution in [3.05, 3.63) is 35.4 Å². The summed E-state index contributed by atoms with van der Waals surface area (Å²) < 4.78 is 0. The standard InChI is InChI=1S/C17H25NO/c1-13-8-10-16(11-9-13)17(19)14(2)18(3)12-15-6-4-5-7-15/h8-11,14-15H,4-7,12H2,1-3H3. The van der Waals surface area contributed by atoms with Crippen LogP contribution in [-0.2, 0) is 0 Å². The van der Waals surface area contributed by atoms with E-state index in [1.54, 1.807) is 0 Å². The second kappa shape index (κ2) is 6.33. The minimum absolute atomic E-state index is 0.0247. The summed E-state index contributed by atoms with van der Waals surface area (Å²) in [5.41, 5.74) is 2.03. The molecule has 2 heteroatoms. The summed E-state index contributed by atoms with van der Waals surface area (Å²) in [6, 6.07) is 7.88. The molecule has 0 aromatic heterocycles. The highest BCUT2D eigenvalue weighted by Gasteiger charge is 2.23. The van der Waals surface area contributed by atoms with Crippen LogP contribution >= 0.6 is 0 Å². The Morgan fingerprint density at radius 3 is 2.42 bits per heavy atom. The molecule has 1 unspecified atom stereocenters. The number of likely N-dealkylation sites (N-methyl/N-ethyl adjacent to an activating group) is 1. The van der Waals surface area contributed by atoms with Crippen molar-refractivity contribution in [3.8, 4) is 0 Å². The molecule has 1 atom stereocenters. The molecule has 2 nitrogen and oxygen atoms in total. The van der Waals surface area contributed by atoms with Crippen LogP contribution in [0.3, 0.4) is 0 Å². The number of carbonyl (C=O) groups excluding carboxylic acids is 1. The van der Waals surface area contributed by atoms with Crippen LogP contribution in [0, 0.1) is 12.8 Å². The minimum Gasteiger partial charge on any atom is -0.296 e. The highest BCUT2D eigenvalue weighted by atomic mass is 16.1. The summed E-state index contributed by atoms with van der Waals surface area (Å²) in [6.07, 6.45) is 5.38. The Morgan fingerprint density at radius 2 is 1.84 bits per heavy atom. The lowest BCUT2D eigenvalue weighted by atomic mass is 10.0. The number of benzene rings is 1. The molecule has 1 saturated carbocycles. The molecule has 0 bridgehead atoms. The van der Waals surface area contributed by atoms with Gasteiger partial charge in [-0.3, -0.25) is 9.69 Å². The Kier molecular flexibility index (Phi) is 4.76. The van der Waals surface area contributed by atoms with E-state index < -0.39 is 0 Å². The minimum atomic E-state index is -0.0247. The van der Waals surface area contributed by atoms with Crippen molar-refractivity contribution in [2.45, 2.75) is 45.6 Å². The summed E-state index contributed by atoms with van der Waals surface area (Å²) in [4.78, 5) is 14.6. The average Bonchev–Trinajstić information content (AvgIpc) is 2.90. The van der Waals surface area contributed by atoms with E-state index in [0.29, 0.717) is 0 Å². The Bertz CT molecular complexity index is 417. The van der Waals surface area contributed by atoms with E-state index in [1.807, 2.05) is 38.1 Å². The molecule has 0 spiro atoms. The number of ketones is 1. The van der Waals surface area contributed by atoms with Gasteiger partial charge in [0.1, 0.15) is 0 Å². The molecule has 1 aliphatic rings. The molecule has 0 radical (unpaired) electrons. The van der Waals surface area contributed by atoms with E-state index in [2.05, 4.69) is 11.9 Å². The van der Waals surface area contributed by atoms with Crippen molar-refractivity contribution in [2.75, 3.05) is 13.6 Å². The zero-order valence-corrected chi connectivity index (χ0v) is 12.4. The Morgan fingerprint density at radius 1 is 1.26 bits per heavy atom. The monoisotopic (exact) mass is 259 g/mol. The SMILES string of the molecule is Cc1ccc(C(=O)C(C)N(C)CC2CCCC2)cc1. The van der Waals surface area contributed by atoms with E-state index in [9.17, 15) is 4.79 Å². The summed E-state index contributed by atoms with van der Waals surface area (Å²) in [5, 5.41) is 0. The smallest absolute Gasteiger partial charge is 0.179 e. The maximum atomic E-state index is 12.4. The maximum absolute atomic E-state index is 12.4. The fourth-order valence-electron chi connectivity index (χ4n) is 2.92. The van der Waals surface area contributed by atoms with Gasteiger partial charge in [-0.2, -0.15) is 0 Å². The Balaban J connectivity index is 1.95. The molecular weight excluding hydrogens is 234 g/mol. The van der Waals surface area contributed by atoms with E-state index in [0.717, 1.165) is 18.0 Å². The number of hydrogen-bond donors (Lipinski definition) is 0. The maximum Gasteiger partial charge on any atom is 0.179 e. The first-order valence-corrected chi connectivity index (χ1v) is 7.39. The molecule has 2 rings (SSSR count). The van der Waals surface area contributed by atoms with Gasteiger partial charge in [-0.1, -0.05) is 42.7 Å². The molecule has 104 valence electrons. The van der Waals surface area contributed by atoms with Gasteiger partial charge in [-0.05, 0) is 39.7 Å². The third kappa shape index (κ3) is 3.66. The molecule has 1 fully saturated rings. The van der Waals surface area contributed by atoms with Gasteiger partial charge in [0.05, 0.1) is 6.04 Å². The van der Waals surface area contributed by atoms with Gasteiger partial charge in [0.2, 0.25) is 0 Å². The average molecular weight is 259 g/mol. The van der Waals surface area contributed by atoms with Crippen LogP contribution in [-0.4, -0.2) is 30.3 Å². The molecule has 0 amide bonds. The van der Waals surface area contributed by atoms with Gasteiger partial charge >= 0.3 is 0 Å². The third-order valence-electron chi connectivity index (χ3n) is 4.40. The molecule has 0 N–H and O–H groups in total. The summed E-state index contributed by atoms with van der Waals surface area (Å²) in [7, 11) is 2.08. The van der Waals surface area contributed by atoms with E-state index >= 15 is 0 Å². The van der Waals surface area contributed by atoms with Crippen LogP contribution in [0.25, 0.3) is 0 Å². The fraction of sp³-hybridized carbons (Fsp3) is 0.588. The predicted molar refractivity (Wildman–Crippen MR) is 79.6 cm³/mol. The van der Waals surface area contributed by atoms with Crippen LogP contribution < -0.4 is 0 Å². The van der Waals surface area contributed by atoms with Gasteiger partial charge < -0.3 is 0 Å². The molecule has 1 aromatic rings. The molecule has 0 saturated heterocycles. The highest BCUT2D eigenvalue weighted by Crippen LogP contribution is 2.25. The molecule has 1 aromatic carbocycles. The lowest BCUT2D eigenvalue weighted by molar-refractivity contribution is 0.0853. The first-order chi connectivity index (χ1) is 9.08. The highest BCUT2D eigenvalue weighted by molar-refractivity contribution is 5.99. The van der Waals surface area contributed by atoms with E-state index in [4.69, 9.17) is 0 Å². The zero-order valence-electron chi connectivity index (χ0n) is 12.4. The predicted octanol–water partition coefficient (Wildman–Crippen LogP) is 3.69. The zero-order chi connectivity index (χ0) is 13.8. The van der Waals surface area contributed by atoms with E-state index in [-0.39, 0.29) is 11.8 Å². The largest absolute Gasteiger partial charge is 0.296 e. The number of carbonyl (C=O) groups is 1. The second-order valence-electron chi connectivity index (χ2n) is 6.00. The van der Waals surface area contributed by atoms with Crippen LogP contribution in [0.1, 0.15) is 48.5 Å². The molecule has 0 aliphatic heterocycles. The van der Waals surface area contributed by atoms with Gasteiger partial charge in [-0.15, -0.1) is 0 Å². The van der Waals surface area contributed by atoms with Crippen molar-refractivity contribution in [3.63, 3.8) is 0 Å². The quantitative estimate of drug-likeness (QED) is 0.752. The topological polar surface area (TPSA) is 20.3 Å². The Hall–Kier alpha value is -1.15. The van der Waals surface area contributed by atoms with Crippen LogP contribution in [0.15, 0.2) is 24.3 Å². The van der Waals surface area contributed by atoms with Crippen LogP contribution in [0.4, 0.5) is 0 Å². The summed E-state index contributed by atoms with van der Waals surface area (Å²) in [5.74, 6) is 1.03. The molecular formula is C17H25NO. The number of hydrogen-bond acceptors (Lipinski definition) is 2. The van der Waals surface area contributed by atoms with Crippen molar-refractivity contribution in [2.24, 2.45) is 5.92 Å². The van der Waals surface area contributed by atoms with Crippen molar-refractivity contribution >= 4 is 5.78 Å². The molecule has 1 aliphatic carbocycles. The fourth-order valence-corrected chi connectivity index (χ4v) is 2.92.